The first-order valence-corrected chi connectivity index (χ1v) is 12.2. The number of carbonyl (C=O) groups is 2. The monoisotopic (exact) mass is 512 g/mol. The highest BCUT2D eigenvalue weighted by molar-refractivity contribution is 6.32. The summed E-state index contributed by atoms with van der Waals surface area (Å²) in [5.41, 5.74) is 5.37. The molecule has 2 N–H and O–H groups in total. The molecule has 8 heteroatoms. The quantitative estimate of drug-likeness (QED) is 0.270. The van der Waals surface area contributed by atoms with Gasteiger partial charge < -0.3 is 10.6 Å². The van der Waals surface area contributed by atoms with Crippen molar-refractivity contribution in [1.82, 2.24) is 0 Å². The number of benzene rings is 4. The van der Waals surface area contributed by atoms with Crippen LogP contribution in [0.5, 0.6) is 0 Å². The van der Waals surface area contributed by atoms with Gasteiger partial charge in [0.1, 0.15) is 12.3 Å². The van der Waals surface area contributed by atoms with E-state index in [0.29, 0.717) is 43.9 Å². The zero-order valence-corrected chi connectivity index (χ0v) is 20.2. The summed E-state index contributed by atoms with van der Waals surface area (Å²) < 4.78 is 0. The molecule has 3 heterocycles. The summed E-state index contributed by atoms with van der Waals surface area (Å²) in [5, 5.41) is 8.03. The van der Waals surface area contributed by atoms with Gasteiger partial charge in [-0.3, -0.25) is 19.4 Å². The molecule has 2 atom stereocenters. The summed E-state index contributed by atoms with van der Waals surface area (Å²) in [5.74, 6) is -0.331. The Morgan fingerprint density at radius 1 is 0.583 bits per heavy atom. The Kier molecular flexibility index (Phi) is 4.58. The summed E-state index contributed by atoms with van der Waals surface area (Å²) in [6, 6.07) is 25.8. The molecule has 0 fully saturated rings. The van der Waals surface area contributed by atoms with Crippen LogP contribution in [0.4, 0.5) is 22.7 Å². The van der Waals surface area contributed by atoms with E-state index in [-0.39, 0.29) is 11.8 Å². The van der Waals surface area contributed by atoms with Gasteiger partial charge in [-0.15, -0.1) is 0 Å². The lowest BCUT2D eigenvalue weighted by Gasteiger charge is -2.46. The third kappa shape index (κ3) is 2.98. The predicted octanol–water partition coefficient (Wildman–Crippen LogP) is 6.85. The van der Waals surface area contributed by atoms with Crippen molar-refractivity contribution in [1.29, 1.82) is 0 Å². The molecule has 2 amide bonds. The largest absolute Gasteiger partial charge is 0.360 e. The second-order valence-electron chi connectivity index (χ2n) is 8.94. The highest BCUT2D eigenvalue weighted by atomic mass is 35.5. The van der Waals surface area contributed by atoms with Gasteiger partial charge in [0.15, 0.2) is 0 Å². The number of halogens is 2. The van der Waals surface area contributed by atoms with Crippen LogP contribution in [-0.2, 0) is 0 Å². The van der Waals surface area contributed by atoms with Gasteiger partial charge in [0, 0.05) is 32.5 Å². The Labute approximate surface area is 217 Å². The topological polar surface area (TPSA) is 64.7 Å². The number of hydrogen-bond donors (Lipinski definition) is 2. The van der Waals surface area contributed by atoms with Crippen molar-refractivity contribution in [2.24, 2.45) is 0 Å². The van der Waals surface area contributed by atoms with E-state index in [1.165, 1.54) is 0 Å². The lowest BCUT2D eigenvalue weighted by Crippen LogP contribution is -2.49. The van der Waals surface area contributed by atoms with Gasteiger partial charge >= 0.3 is 0 Å². The molecule has 0 aliphatic carbocycles. The molecule has 176 valence electrons. The minimum atomic E-state index is -0.543. The summed E-state index contributed by atoms with van der Waals surface area (Å²) in [7, 11) is 0. The molecular formula is C28H18Cl2N4O2. The molecule has 2 unspecified atom stereocenters. The third-order valence-corrected chi connectivity index (χ3v) is 7.41. The molecule has 0 saturated heterocycles. The van der Waals surface area contributed by atoms with Crippen LogP contribution < -0.4 is 20.4 Å². The molecule has 6 nitrogen and oxygen atoms in total. The number of amides is 2. The van der Waals surface area contributed by atoms with Crippen LogP contribution in [0.25, 0.3) is 0 Å². The van der Waals surface area contributed by atoms with E-state index in [1.54, 1.807) is 34.1 Å². The summed E-state index contributed by atoms with van der Waals surface area (Å²) >= 11 is 12.5. The van der Waals surface area contributed by atoms with Gasteiger partial charge in [0.2, 0.25) is 0 Å². The van der Waals surface area contributed by atoms with E-state index in [1.807, 2.05) is 60.7 Å². The maximum absolute atomic E-state index is 14.0. The highest BCUT2D eigenvalue weighted by Crippen LogP contribution is 2.49. The van der Waals surface area contributed by atoms with Gasteiger partial charge in [0.05, 0.1) is 22.5 Å². The second-order valence-corrected chi connectivity index (χ2v) is 9.81. The molecule has 0 saturated carbocycles. The molecule has 36 heavy (non-hydrogen) atoms. The molecule has 4 aromatic rings. The van der Waals surface area contributed by atoms with E-state index in [4.69, 9.17) is 23.2 Å². The van der Waals surface area contributed by atoms with E-state index in [0.717, 1.165) is 11.1 Å². The lowest BCUT2D eigenvalue weighted by molar-refractivity contribution is 0.0974. The van der Waals surface area contributed by atoms with Gasteiger partial charge in [0.25, 0.3) is 11.8 Å². The molecule has 0 aromatic heterocycles. The minimum absolute atomic E-state index is 0.165. The van der Waals surface area contributed by atoms with Gasteiger partial charge in [-0.25, -0.2) is 0 Å². The maximum Gasteiger partial charge on any atom is 0.262 e. The summed E-state index contributed by atoms with van der Waals surface area (Å²) in [4.78, 5) is 31.5. The lowest BCUT2D eigenvalue weighted by atomic mass is 9.94. The smallest absolute Gasteiger partial charge is 0.262 e. The zero-order chi connectivity index (χ0) is 24.6. The Morgan fingerprint density at radius 3 is 1.44 bits per heavy atom. The predicted molar refractivity (Wildman–Crippen MR) is 142 cm³/mol. The van der Waals surface area contributed by atoms with E-state index >= 15 is 0 Å². The summed E-state index contributed by atoms with van der Waals surface area (Å²) in [6.45, 7) is 0. The third-order valence-electron chi connectivity index (χ3n) is 6.94. The number of hydrogen-bond acceptors (Lipinski definition) is 4. The molecule has 3 aliphatic rings. The molecule has 3 aliphatic heterocycles. The number of fused-ring (bicyclic) bond motifs is 10. The molecule has 0 radical (unpaired) electrons. The number of rotatable bonds is 0. The van der Waals surface area contributed by atoms with Crippen LogP contribution in [0, 0.1) is 0 Å². The number of carbonyl (C=O) groups excluding carboxylic acids is 2. The Bertz CT molecular complexity index is 1490. The molecular weight excluding hydrogens is 495 g/mol. The van der Waals surface area contributed by atoms with Crippen LogP contribution >= 0.6 is 23.2 Å². The van der Waals surface area contributed by atoms with Gasteiger partial charge in [-0.1, -0.05) is 59.6 Å². The molecule has 0 bridgehead atoms. The number of nitrogens with one attached hydrogen (secondary N) is 2. The first kappa shape index (κ1) is 21.3. The second kappa shape index (κ2) is 7.75. The Hall–Kier alpha value is -4.00. The fraction of sp³-hybridized carbons (Fsp3) is 0.0714. The Morgan fingerprint density at radius 2 is 1.00 bits per heavy atom. The van der Waals surface area contributed by atoms with Crippen molar-refractivity contribution in [2.45, 2.75) is 12.3 Å². The molecule has 4 aromatic carbocycles. The SMILES string of the molecule is O=C1c2cc(Cl)ccc2NC2c3ccccc3N3C(=O)c4cc(Cl)ccc4NC3c3ccccc3N12. The van der Waals surface area contributed by atoms with Crippen molar-refractivity contribution >= 4 is 57.8 Å². The highest BCUT2D eigenvalue weighted by Gasteiger charge is 2.44. The van der Waals surface area contributed by atoms with Crippen molar-refractivity contribution in [2.75, 3.05) is 20.4 Å². The van der Waals surface area contributed by atoms with Gasteiger partial charge in [-0.2, -0.15) is 0 Å². The maximum atomic E-state index is 14.0. The fourth-order valence-electron chi connectivity index (χ4n) is 5.36. The van der Waals surface area contributed by atoms with E-state index < -0.39 is 12.3 Å². The summed E-state index contributed by atoms with van der Waals surface area (Å²) in [6.07, 6.45) is -1.09. The number of para-hydroxylation sites is 2. The standard InChI is InChI=1S/C28H18Cl2N4O2/c29-15-9-11-21-19(13-15)28(36)34-24-8-4-2-6-18(24)26-32-22-12-10-16(30)14-20(22)27(35)33(26)23-7-3-1-5-17(23)25(34)31-21/h1-14,25-26,31-32H. The van der Waals surface area contributed by atoms with Crippen molar-refractivity contribution in [3.05, 3.63) is 117 Å². The first-order chi connectivity index (χ1) is 17.5. The van der Waals surface area contributed by atoms with Crippen LogP contribution in [0.15, 0.2) is 84.9 Å². The van der Waals surface area contributed by atoms with Crippen LogP contribution in [0.1, 0.15) is 44.2 Å². The van der Waals surface area contributed by atoms with Crippen molar-refractivity contribution in [3.63, 3.8) is 0 Å². The average molecular weight is 513 g/mol. The average Bonchev–Trinajstić information content (AvgIpc) is 2.89. The van der Waals surface area contributed by atoms with Crippen molar-refractivity contribution < 1.29 is 9.59 Å². The zero-order valence-electron chi connectivity index (χ0n) is 18.7. The van der Waals surface area contributed by atoms with Crippen LogP contribution in [0.3, 0.4) is 0 Å². The first-order valence-electron chi connectivity index (χ1n) is 11.5. The number of anilines is 4. The molecule has 0 spiro atoms. The number of nitrogens with zero attached hydrogens (tertiary/aromatic N) is 2. The van der Waals surface area contributed by atoms with E-state index in [9.17, 15) is 9.59 Å². The fourth-order valence-corrected chi connectivity index (χ4v) is 5.71. The Balaban J connectivity index is 1.52. The van der Waals surface area contributed by atoms with Gasteiger partial charge in [-0.05, 0) is 48.5 Å². The minimum Gasteiger partial charge on any atom is -0.360 e. The van der Waals surface area contributed by atoms with Crippen LogP contribution in [0.2, 0.25) is 10.0 Å². The van der Waals surface area contributed by atoms with E-state index in [2.05, 4.69) is 10.6 Å². The van der Waals surface area contributed by atoms with Crippen LogP contribution in [-0.4, -0.2) is 11.8 Å². The molecule has 7 rings (SSSR count). The van der Waals surface area contributed by atoms with Crippen molar-refractivity contribution in [3.8, 4) is 0 Å². The normalized spacial score (nSPS) is 19.3.